The van der Waals surface area contributed by atoms with Gasteiger partial charge in [-0.15, -0.1) is 0 Å². The van der Waals surface area contributed by atoms with Crippen molar-refractivity contribution in [1.82, 2.24) is 0 Å². The summed E-state index contributed by atoms with van der Waals surface area (Å²) in [6.45, 7) is 5.40. The van der Waals surface area contributed by atoms with Crippen LogP contribution in [-0.4, -0.2) is 24.2 Å². The van der Waals surface area contributed by atoms with Crippen LogP contribution in [0, 0.1) is 18.3 Å². The fourth-order valence-electron chi connectivity index (χ4n) is 1.89. The molecule has 0 aliphatic rings. The standard InChI is InChI=1S/C15H18N2O2/c1-3-17(10-4-9-16)14-7-5-12(2)11-13(14)6-8-15(18)19/h5-8,11H,3-4,10H2,1-2H3,(H,18,19)/b8-6+. The van der Waals surface area contributed by atoms with Crippen LogP contribution in [0.15, 0.2) is 24.3 Å². The molecule has 0 unspecified atom stereocenters. The molecule has 1 rings (SSSR count). The Morgan fingerprint density at radius 3 is 2.84 bits per heavy atom. The normalized spacial score (nSPS) is 10.4. The number of carboxylic acids is 1. The highest BCUT2D eigenvalue weighted by atomic mass is 16.4. The van der Waals surface area contributed by atoms with Crippen LogP contribution in [0.25, 0.3) is 6.08 Å². The summed E-state index contributed by atoms with van der Waals surface area (Å²) in [4.78, 5) is 12.7. The minimum absolute atomic E-state index is 0.448. The molecule has 1 aromatic carbocycles. The Labute approximate surface area is 113 Å². The van der Waals surface area contributed by atoms with E-state index >= 15 is 0 Å². The molecule has 0 bridgehead atoms. The van der Waals surface area contributed by atoms with Gasteiger partial charge in [-0.2, -0.15) is 5.26 Å². The highest BCUT2D eigenvalue weighted by Gasteiger charge is 2.08. The first-order valence-corrected chi connectivity index (χ1v) is 6.22. The Kier molecular flexibility index (Phi) is 5.62. The molecule has 4 heteroatoms. The second-order valence-electron chi connectivity index (χ2n) is 4.22. The summed E-state index contributed by atoms with van der Waals surface area (Å²) in [6.07, 6.45) is 3.18. The summed E-state index contributed by atoms with van der Waals surface area (Å²) in [5.41, 5.74) is 2.90. The molecule has 0 heterocycles. The number of rotatable bonds is 6. The number of benzene rings is 1. The van der Waals surface area contributed by atoms with Crippen LogP contribution in [0.2, 0.25) is 0 Å². The van der Waals surface area contributed by atoms with Crippen molar-refractivity contribution in [3.63, 3.8) is 0 Å². The molecular weight excluding hydrogens is 240 g/mol. The van der Waals surface area contributed by atoms with Gasteiger partial charge in [-0.1, -0.05) is 11.6 Å². The second kappa shape index (κ2) is 7.22. The van der Waals surface area contributed by atoms with Crippen molar-refractivity contribution >= 4 is 17.7 Å². The number of nitrogens with zero attached hydrogens (tertiary/aromatic N) is 2. The molecular formula is C15H18N2O2. The van der Waals surface area contributed by atoms with Crippen molar-refractivity contribution in [1.29, 1.82) is 5.26 Å². The van der Waals surface area contributed by atoms with Crippen LogP contribution in [0.4, 0.5) is 5.69 Å². The summed E-state index contributed by atoms with van der Waals surface area (Å²) in [5, 5.41) is 17.4. The lowest BCUT2D eigenvalue weighted by molar-refractivity contribution is -0.131. The number of hydrogen-bond acceptors (Lipinski definition) is 3. The summed E-state index contributed by atoms with van der Waals surface area (Å²) in [6, 6.07) is 8.04. The van der Waals surface area contributed by atoms with Gasteiger partial charge in [0.25, 0.3) is 0 Å². The Morgan fingerprint density at radius 1 is 1.53 bits per heavy atom. The number of anilines is 1. The molecule has 100 valence electrons. The lowest BCUT2D eigenvalue weighted by Gasteiger charge is -2.24. The highest BCUT2D eigenvalue weighted by molar-refractivity contribution is 5.87. The molecule has 0 aliphatic carbocycles. The van der Waals surface area contributed by atoms with E-state index in [9.17, 15) is 4.79 Å². The molecule has 0 atom stereocenters. The zero-order chi connectivity index (χ0) is 14.3. The Morgan fingerprint density at radius 2 is 2.26 bits per heavy atom. The summed E-state index contributed by atoms with van der Waals surface area (Å²) in [7, 11) is 0. The molecule has 0 saturated heterocycles. The molecule has 19 heavy (non-hydrogen) atoms. The lowest BCUT2D eigenvalue weighted by atomic mass is 10.1. The molecule has 1 N–H and O–H groups in total. The van der Waals surface area contributed by atoms with Crippen molar-refractivity contribution in [2.24, 2.45) is 0 Å². The van der Waals surface area contributed by atoms with Gasteiger partial charge >= 0.3 is 5.97 Å². The third-order valence-corrected chi connectivity index (χ3v) is 2.80. The Hall–Kier alpha value is -2.28. The predicted octanol–water partition coefficient (Wildman–Crippen LogP) is 2.83. The number of aliphatic carboxylic acids is 1. The number of nitriles is 1. The van der Waals surface area contributed by atoms with Crippen LogP contribution < -0.4 is 4.90 Å². The average molecular weight is 258 g/mol. The summed E-state index contributed by atoms with van der Waals surface area (Å²) < 4.78 is 0. The van der Waals surface area contributed by atoms with E-state index in [1.54, 1.807) is 6.08 Å². The Balaban J connectivity index is 3.10. The van der Waals surface area contributed by atoms with Gasteiger partial charge in [-0.25, -0.2) is 4.79 Å². The first kappa shape index (κ1) is 14.8. The quantitative estimate of drug-likeness (QED) is 0.797. The molecule has 0 radical (unpaired) electrons. The van der Waals surface area contributed by atoms with Gasteiger partial charge in [0.15, 0.2) is 0 Å². The van der Waals surface area contributed by atoms with Gasteiger partial charge in [0.1, 0.15) is 0 Å². The van der Waals surface area contributed by atoms with Crippen LogP contribution in [0.5, 0.6) is 0 Å². The second-order valence-corrected chi connectivity index (χ2v) is 4.22. The van der Waals surface area contributed by atoms with Crippen molar-refractivity contribution in [3.8, 4) is 6.07 Å². The van der Waals surface area contributed by atoms with Gasteiger partial charge in [-0.3, -0.25) is 0 Å². The fourth-order valence-corrected chi connectivity index (χ4v) is 1.89. The smallest absolute Gasteiger partial charge is 0.328 e. The maximum atomic E-state index is 10.6. The van der Waals surface area contributed by atoms with E-state index in [4.69, 9.17) is 10.4 Å². The van der Waals surface area contributed by atoms with Gasteiger partial charge in [0.2, 0.25) is 0 Å². The summed E-state index contributed by atoms with van der Waals surface area (Å²) in [5.74, 6) is -0.965. The summed E-state index contributed by atoms with van der Waals surface area (Å²) >= 11 is 0. The maximum Gasteiger partial charge on any atom is 0.328 e. The monoisotopic (exact) mass is 258 g/mol. The molecule has 0 spiro atoms. The van der Waals surface area contributed by atoms with Gasteiger partial charge in [0, 0.05) is 24.9 Å². The first-order valence-electron chi connectivity index (χ1n) is 6.22. The predicted molar refractivity (Wildman–Crippen MR) is 76.0 cm³/mol. The van der Waals surface area contributed by atoms with Crippen LogP contribution in [0.3, 0.4) is 0 Å². The largest absolute Gasteiger partial charge is 0.478 e. The van der Waals surface area contributed by atoms with E-state index in [-0.39, 0.29) is 0 Å². The maximum absolute atomic E-state index is 10.6. The van der Waals surface area contributed by atoms with E-state index in [0.29, 0.717) is 13.0 Å². The number of hydrogen-bond donors (Lipinski definition) is 1. The Bertz CT molecular complexity index is 515. The zero-order valence-corrected chi connectivity index (χ0v) is 11.3. The highest BCUT2D eigenvalue weighted by Crippen LogP contribution is 2.23. The molecule has 4 nitrogen and oxygen atoms in total. The molecule has 0 aliphatic heterocycles. The lowest BCUT2D eigenvalue weighted by Crippen LogP contribution is -2.24. The van der Waals surface area contributed by atoms with E-state index in [2.05, 4.69) is 11.0 Å². The third-order valence-electron chi connectivity index (χ3n) is 2.80. The van der Waals surface area contributed by atoms with Crippen molar-refractivity contribution < 1.29 is 9.90 Å². The first-order chi connectivity index (χ1) is 9.08. The van der Waals surface area contributed by atoms with Crippen molar-refractivity contribution in [2.45, 2.75) is 20.3 Å². The van der Waals surface area contributed by atoms with Gasteiger partial charge in [0.05, 0.1) is 12.5 Å². The molecule has 0 amide bonds. The molecule has 0 saturated carbocycles. The SMILES string of the molecule is CCN(CCC#N)c1ccc(C)cc1/C=C/C(=O)O. The van der Waals surface area contributed by atoms with Crippen molar-refractivity contribution in [2.75, 3.05) is 18.0 Å². The molecule has 0 aromatic heterocycles. The number of aryl methyl sites for hydroxylation is 1. The molecule has 1 aromatic rings. The minimum atomic E-state index is -0.965. The number of carboxylic acid groups (broad SMARTS) is 1. The number of carbonyl (C=O) groups is 1. The molecule has 0 fully saturated rings. The topological polar surface area (TPSA) is 64.3 Å². The van der Waals surface area contributed by atoms with Crippen LogP contribution >= 0.6 is 0 Å². The van der Waals surface area contributed by atoms with Gasteiger partial charge < -0.3 is 10.0 Å². The van der Waals surface area contributed by atoms with Crippen LogP contribution in [0.1, 0.15) is 24.5 Å². The van der Waals surface area contributed by atoms with E-state index < -0.39 is 5.97 Å². The van der Waals surface area contributed by atoms with E-state index in [1.807, 2.05) is 32.0 Å². The van der Waals surface area contributed by atoms with Gasteiger partial charge in [-0.05, 0) is 37.6 Å². The average Bonchev–Trinajstić information content (AvgIpc) is 2.38. The van der Waals surface area contributed by atoms with E-state index in [1.165, 1.54) is 0 Å². The minimum Gasteiger partial charge on any atom is -0.478 e. The fraction of sp³-hybridized carbons (Fsp3) is 0.333. The van der Waals surface area contributed by atoms with E-state index in [0.717, 1.165) is 29.4 Å². The zero-order valence-electron chi connectivity index (χ0n) is 11.3. The van der Waals surface area contributed by atoms with Crippen molar-refractivity contribution in [3.05, 3.63) is 35.4 Å². The third kappa shape index (κ3) is 4.47. The van der Waals surface area contributed by atoms with Crippen LogP contribution in [-0.2, 0) is 4.79 Å².